The number of benzene rings is 2. The summed E-state index contributed by atoms with van der Waals surface area (Å²) in [5.74, 6) is -0.838. The first-order valence-corrected chi connectivity index (χ1v) is 7.58. The van der Waals surface area contributed by atoms with Crippen molar-refractivity contribution in [2.24, 2.45) is 0 Å². The van der Waals surface area contributed by atoms with E-state index in [1.54, 1.807) is 0 Å². The molecule has 1 atom stereocenters. The standard InChI is InChI=1S/C17H18BrNO2/c1-12-7-9-14(10-8-12)19(11-17(20)21)13(2)15-5-3-4-6-16(15)18/h3-10,13H,11H2,1-2H3,(H,20,21). The molecule has 0 bridgehead atoms. The molecule has 0 spiro atoms. The van der Waals surface area contributed by atoms with Crippen LogP contribution < -0.4 is 4.90 Å². The molecule has 0 fully saturated rings. The van der Waals surface area contributed by atoms with Crippen LogP contribution in [0.1, 0.15) is 24.1 Å². The van der Waals surface area contributed by atoms with Crippen molar-refractivity contribution in [3.63, 3.8) is 0 Å². The van der Waals surface area contributed by atoms with Gasteiger partial charge in [0.05, 0.1) is 6.04 Å². The van der Waals surface area contributed by atoms with Crippen molar-refractivity contribution in [3.8, 4) is 0 Å². The average Bonchev–Trinajstić information content (AvgIpc) is 2.45. The van der Waals surface area contributed by atoms with Gasteiger partial charge in [0.2, 0.25) is 0 Å². The molecule has 2 aromatic rings. The van der Waals surface area contributed by atoms with E-state index in [0.29, 0.717) is 0 Å². The quantitative estimate of drug-likeness (QED) is 0.870. The van der Waals surface area contributed by atoms with Crippen LogP contribution in [0.3, 0.4) is 0 Å². The van der Waals surface area contributed by atoms with Crippen molar-refractivity contribution in [3.05, 3.63) is 64.1 Å². The lowest BCUT2D eigenvalue weighted by Gasteiger charge is -2.31. The van der Waals surface area contributed by atoms with E-state index in [0.717, 1.165) is 21.3 Å². The predicted molar refractivity (Wildman–Crippen MR) is 88.7 cm³/mol. The second-order valence-corrected chi connectivity index (χ2v) is 5.91. The normalized spacial score (nSPS) is 12.0. The zero-order chi connectivity index (χ0) is 15.4. The largest absolute Gasteiger partial charge is 0.480 e. The van der Waals surface area contributed by atoms with Gasteiger partial charge in [0.15, 0.2) is 0 Å². The summed E-state index contributed by atoms with van der Waals surface area (Å²) in [7, 11) is 0. The number of hydrogen-bond acceptors (Lipinski definition) is 2. The van der Waals surface area contributed by atoms with Crippen molar-refractivity contribution in [2.75, 3.05) is 11.4 Å². The van der Waals surface area contributed by atoms with Gasteiger partial charge in [-0.2, -0.15) is 0 Å². The van der Waals surface area contributed by atoms with Gasteiger partial charge in [-0.05, 0) is 37.6 Å². The SMILES string of the molecule is Cc1ccc(N(CC(=O)O)C(C)c2ccccc2Br)cc1. The highest BCUT2D eigenvalue weighted by atomic mass is 79.9. The fourth-order valence-corrected chi connectivity index (χ4v) is 2.93. The van der Waals surface area contributed by atoms with Crippen molar-refractivity contribution in [1.29, 1.82) is 0 Å². The molecule has 0 amide bonds. The summed E-state index contributed by atoms with van der Waals surface area (Å²) in [6.45, 7) is 4.00. The van der Waals surface area contributed by atoms with Crippen LogP contribution in [0.5, 0.6) is 0 Å². The summed E-state index contributed by atoms with van der Waals surface area (Å²) in [5.41, 5.74) is 3.13. The first-order valence-electron chi connectivity index (χ1n) is 6.78. The lowest BCUT2D eigenvalue weighted by molar-refractivity contribution is -0.135. The van der Waals surface area contributed by atoms with E-state index in [9.17, 15) is 9.90 Å². The van der Waals surface area contributed by atoms with E-state index >= 15 is 0 Å². The molecule has 0 radical (unpaired) electrons. The average molecular weight is 348 g/mol. The fourth-order valence-electron chi connectivity index (χ4n) is 2.32. The molecule has 4 heteroatoms. The topological polar surface area (TPSA) is 40.5 Å². The molecule has 0 aliphatic rings. The maximum Gasteiger partial charge on any atom is 0.323 e. The van der Waals surface area contributed by atoms with E-state index in [2.05, 4.69) is 15.9 Å². The maximum atomic E-state index is 11.2. The van der Waals surface area contributed by atoms with Crippen LogP contribution >= 0.6 is 15.9 Å². The van der Waals surface area contributed by atoms with Crippen LogP contribution in [0.2, 0.25) is 0 Å². The Bertz CT molecular complexity index is 625. The highest BCUT2D eigenvalue weighted by molar-refractivity contribution is 9.10. The third kappa shape index (κ3) is 3.85. The Labute approximate surface area is 133 Å². The van der Waals surface area contributed by atoms with Crippen molar-refractivity contribution < 1.29 is 9.90 Å². The second kappa shape index (κ2) is 6.76. The van der Waals surface area contributed by atoms with E-state index in [-0.39, 0.29) is 12.6 Å². The lowest BCUT2D eigenvalue weighted by atomic mass is 10.1. The molecule has 0 saturated heterocycles. The highest BCUT2D eigenvalue weighted by Gasteiger charge is 2.20. The Balaban J connectivity index is 2.38. The number of rotatable bonds is 5. The maximum absolute atomic E-state index is 11.2. The number of carbonyl (C=O) groups is 1. The van der Waals surface area contributed by atoms with E-state index < -0.39 is 5.97 Å². The van der Waals surface area contributed by atoms with Crippen LogP contribution in [0.25, 0.3) is 0 Å². The summed E-state index contributed by atoms with van der Waals surface area (Å²) in [4.78, 5) is 13.1. The Morgan fingerprint density at radius 2 is 1.81 bits per heavy atom. The van der Waals surface area contributed by atoms with E-state index in [1.807, 2.05) is 67.3 Å². The number of hydrogen-bond donors (Lipinski definition) is 1. The van der Waals surface area contributed by atoms with Gasteiger partial charge in [-0.1, -0.05) is 51.8 Å². The lowest BCUT2D eigenvalue weighted by Crippen LogP contribution is -2.32. The zero-order valence-electron chi connectivity index (χ0n) is 12.1. The molecule has 0 saturated carbocycles. The molecule has 110 valence electrons. The molecule has 0 aromatic heterocycles. The number of carboxylic acids is 1. The molecule has 2 aromatic carbocycles. The monoisotopic (exact) mass is 347 g/mol. The zero-order valence-corrected chi connectivity index (χ0v) is 13.7. The molecular weight excluding hydrogens is 330 g/mol. The van der Waals surface area contributed by atoms with E-state index in [4.69, 9.17) is 0 Å². The third-order valence-electron chi connectivity index (χ3n) is 3.49. The minimum Gasteiger partial charge on any atom is -0.480 e. The van der Waals surface area contributed by atoms with Crippen LogP contribution in [0, 0.1) is 6.92 Å². The molecule has 0 heterocycles. The van der Waals surface area contributed by atoms with Gasteiger partial charge < -0.3 is 10.0 Å². The Morgan fingerprint density at radius 1 is 1.19 bits per heavy atom. The molecule has 21 heavy (non-hydrogen) atoms. The third-order valence-corrected chi connectivity index (χ3v) is 4.22. The summed E-state index contributed by atoms with van der Waals surface area (Å²) >= 11 is 3.54. The summed E-state index contributed by atoms with van der Waals surface area (Å²) in [6, 6.07) is 15.8. The summed E-state index contributed by atoms with van der Waals surface area (Å²) in [6.07, 6.45) is 0. The van der Waals surface area contributed by atoms with Crippen LogP contribution in [0.15, 0.2) is 53.0 Å². The molecule has 0 aliphatic carbocycles. The predicted octanol–water partition coefficient (Wildman–Crippen LogP) is 4.41. The molecule has 3 nitrogen and oxygen atoms in total. The Hall–Kier alpha value is -1.81. The van der Waals surface area contributed by atoms with Gasteiger partial charge >= 0.3 is 5.97 Å². The number of nitrogens with zero attached hydrogens (tertiary/aromatic N) is 1. The number of carboxylic acid groups (broad SMARTS) is 1. The second-order valence-electron chi connectivity index (χ2n) is 5.05. The first-order chi connectivity index (χ1) is 9.99. The fraction of sp³-hybridized carbons (Fsp3) is 0.235. The molecular formula is C17H18BrNO2. The van der Waals surface area contributed by atoms with Crippen molar-refractivity contribution in [1.82, 2.24) is 0 Å². The van der Waals surface area contributed by atoms with Crippen molar-refractivity contribution >= 4 is 27.6 Å². The summed E-state index contributed by atoms with van der Waals surface area (Å²) < 4.78 is 0.986. The first kappa shape index (κ1) is 15.6. The van der Waals surface area contributed by atoms with Gasteiger partial charge in [-0.3, -0.25) is 4.79 Å². The molecule has 1 unspecified atom stereocenters. The van der Waals surface area contributed by atoms with Crippen LogP contribution in [-0.2, 0) is 4.79 Å². The van der Waals surface area contributed by atoms with Crippen LogP contribution in [-0.4, -0.2) is 17.6 Å². The Kier molecular flexibility index (Phi) is 5.02. The van der Waals surface area contributed by atoms with Crippen LogP contribution in [0.4, 0.5) is 5.69 Å². The summed E-state index contributed by atoms with van der Waals surface area (Å²) in [5, 5.41) is 9.21. The minimum atomic E-state index is -0.838. The minimum absolute atomic E-state index is 0.0361. The number of aliphatic carboxylic acids is 1. The van der Waals surface area contributed by atoms with Gasteiger partial charge in [0.25, 0.3) is 0 Å². The highest BCUT2D eigenvalue weighted by Crippen LogP contribution is 2.31. The molecule has 1 N–H and O–H groups in total. The van der Waals surface area contributed by atoms with E-state index in [1.165, 1.54) is 0 Å². The smallest absolute Gasteiger partial charge is 0.323 e. The van der Waals surface area contributed by atoms with Gasteiger partial charge in [0, 0.05) is 10.2 Å². The Morgan fingerprint density at radius 3 is 2.38 bits per heavy atom. The van der Waals surface area contributed by atoms with Gasteiger partial charge in [0.1, 0.15) is 6.54 Å². The number of aryl methyl sites for hydroxylation is 1. The van der Waals surface area contributed by atoms with Crippen molar-refractivity contribution in [2.45, 2.75) is 19.9 Å². The van der Waals surface area contributed by atoms with Gasteiger partial charge in [-0.15, -0.1) is 0 Å². The molecule has 0 aliphatic heterocycles. The molecule has 2 rings (SSSR count). The number of halogens is 1. The number of anilines is 1. The van der Waals surface area contributed by atoms with Gasteiger partial charge in [-0.25, -0.2) is 0 Å².